The molecule has 1 aliphatic rings. The maximum atomic E-state index is 12.6. The van der Waals surface area contributed by atoms with Crippen LogP contribution in [0, 0.1) is 12.8 Å². The summed E-state index contributed by atoms with van der Waals surface area (Å²) >= 11 is 6.47. The number of thioether (sulfide) groups is 1. The molecular weight excluding hydrogens is 396 g/mol. The third kappa shape index (κ3) is 6.17. The molecular formula is C20H24N2O4S2. The van der Waals surface area contributed by atoms with E-state index in [1.807, 2.05) is 45.0 Å². The molecule has 1 atom stereocenters. The zero-order valence-electron chi connectivity index (χ0n) is 16.1. The first-order valence-electron chi connectivity index (χ1n) is 9.01. The first-order valence-corrected chi connectivity index (χ1v) is 10.2. The highest BCUT2D eigenvalue weighted by atomic mass is 32.2. The van der Waals surface area contributed by atoms with Gasteiger partial charge in [-0.05, 0) is 30.9 Å². The normalized spacial score (nSPS) is 16.7. The summed E-state index contributed by atoms with van der Waals surface area (Å²) < 4.78 is 0.396. The number of aliphatic carboxylic acids is 1. The van der Waals surface area contributed by atoms with Gasteiger partial charge in [0.1, 0.15) is 10.4 Å². The lowest BCUT2D eigenvalue weighted by Gasteiger charge is -2.18. The Morgan fingerprint density at radius 2 is 1.93 bits per heavy atom. The fraction of sp³-hybridized carbons (Fsp3) is 0.400. The molecule has 1 aromatic rings. The number of thiocarbonyl (C=S) groups is 1. The van der Waals surface area contributed by atoms with Crippen LogP contribution in [0.3, 0.4) is 0 Å². The molecule has 2 rings (SSSR count). The Hall–Kier alpha value is -2.19. The average molecular weight is 421 g/mol. The van der Waals surface area contributed by atoms with Crippen molar-refractivity contribution in [3.63, 3.8) is 0 Å². The molecule has 2 N–H and O–H groups in total. The molecule has 1 heterocycles. The van der Waals surface area contributed by atoms with Crippen LogP contribution in [0.4, 0.5) is 0 Å². The zero-order valence-corrected chi connectivity index (χ0v) is 17.7. The van der Waals surface area contributed by atoms with E-state index in [9.17, 15) is 19.5 Å². The second-order valence-electron chi connectivity index (χ2n) is 7.08. The predicted molar refractivity (Wildman–Crippen MR) is 115 cm³/mol. The average Bonchev–Trinajstić information content (AvgIpc) is 2.87. The number of carbonyl (C=O) groups is 3. The monoisotopic (exact) mass is 420 g/mol. The van der Waals surface area contributed by atoms with Gasteiger partial charge in [0.05, 0.1) is 4.91 Å². The van der Waals surface area contributed by atoms with Crippen molar-refractivity contribution < 1.29 is 19.5 Å². The summed E-state index contributed by atoms with van der Waals surface area (Å²) in [6.07, 6.45) is 2.12. The fourth-order valence-electron chi connectivity index (χ4n) is 2.68. The van der Waals surface area contributed by atoms with E-state index in [-0.39, 0.29) is 24.8 Å². The molecule has 0 radical (unpaired) electrons. The van der Waals surface area contributed by atoms with Crippen LogP contribution in [0.5, 0.6) is 0 Å². The molecule has 1 saturated heterocycles. The van der Waals surface area contributed by atoms with Gasteiger partial charge in [0.15, 0.2) is 0 Å². The van der Waals surface area contributed by atoms with Gasteiger partial charge in [-0.1, -0.05) is 67.7 Å². The standard InChI is InChI=1S/C20H24N2O4S2/c1-12(2)10-15(19(25)26)21-17(23)8-9-22-18(24)16(28-20(22)27)11-14-6-4-13(3)5-7-14/h4-7,11-12,15H,8-10H2,1-3H3,(H,21,23)(H,25,26). The molecule has 28 heavy (non-hydrogen) atoms. The lowest BCUT2D eigenvalue weighted by atomic mass is 10.0. The second kappa shape index (κ2) is 9.84. The van der Waals surface area contributed by atoms with Crippen LogP contribution >= 0.6 is 24.0 Å². The predicted octanol–water partition coefficient (Wildman–Crippen LogP) is 3.20. The molecule has 0 saturated carbocycles. The van der Waals surface area contributed by atoms with Gasteiger partial charge in [0, 0.05) is 13.0 Å². The van der Waals surface area contributed by atoms with Crippen molar-refractivity contribution in [2.45, 2.75) is 39.7 Å². The summed E-state index contributed by atoms with van der Waals surface area (Å²) in [6.45, 7) is 5.89. The number of benzene rings is 1. The van der Waals surface area contributed by atoms with E-state index in [1.54, 1.807) is 6.08 Å². The Balaban J connectivity index is 1.96. The third-order valence-electron chi connectivity index (χ3n) is 4.15. The fourth-order valence-corrected chi connectivity index (χ4v) is 3.99. The van der Waals surface area contributed by atoms with Crippen molar-refractivity contribution >= 4 is 52.2 Å². The molecule has 1 unspecified atom stereocenters. The number of hydrogen-bond acceptors (Lipinski definition) is 5. The number of nitrogens with one attached hydrogen (secondary N) is 1. The maximum absolute atomic E-state index is 12.6. The molecule has 1 aliphatic heterocycles. The maximum Gasteiger partial charge on any atom is 0.326 e. The zero-order chi connectivity index (χ0) is 20.8. The molecule has 150 valence electrons. The van der Waals surface area contributed by atoms with Gasteiger partial charge in [0.2, 0.25) is 5.91 Å². The summed E-state index contributed by atoms with van der Waals surface area (Å²) in [4.78, 5) is 37.9. The van der Waals surface area contributed by atoms with E-state index in [0.29, 0.717) is 15.6 Å². The smallest absolute Gasteiger partial charge is 0.326 e. The molecule has 0 spiro atoms. The van der Waals surface area contributed by atoms with E-state index >= 15 is 0 Å². The van der Waals surface area contributed by atoms with E-state index in [0.717, 1.165) is 11.1 Å². The van der Waals surface area contributed by atoms with Gasteiger partial charge in [-0.15, -0.1) is 0 Å². The van der Waals surface area contributed by atoms with Gasteiger partial charge in [-0.2, -0.15) is 0 Å². The van der Waals surface area contributed by atoms with E-state index in [4.69, 9.17) is 12.2 Å². The van der Waals surface area contributed by atoms with Gasteiger partial charge >= 0.3 is 5.97 Å². The molecule has 1 aromatic carbocycles. The third-order valence-corrected chi connectivity index (χ3v) is 5.53. The molecule has 0 aliphatic carbocycles. The summed E-state index contributed by atoms with van der Waals surface area (Å²) in [5.74, 6) is -1.57. The number of amides is 2. The second-order valence-corrected chi connectivity index (χ2v) is 8.76. The summed E-state index contributed by atoms with van der Waals surface area (Å²) in [5, 5.41) is 11.7. The lowest BCUT2D eigenvalue weighted by molar-refractivity contribution is -0.142. The highest BCUT2D eigenvalue weighted by Gasteiger charge is 2.32. The van der Waals surface area contributed by atoms with E-state index in [2.05, 4.69) is 5.32 Å². The number of carbonyl (C=O) groups excluding carboxylic acids is 2. The topological polar surface area (TPSA) is 86.7 Å². The molecule has 8 heteroatoms. The highest BCUT2D eigenvalue weighted by Crippen LogP contribution is 2.32. The first kappa shape index (κ1) is 22.1. The molecule has 0 aromatic heterocycles. The van der Waals surface area contributed by atoms with Crippen LogP contribution in [0.2, 0.25) is 0 Å². The van der Waals surface area contributed by atoms with Crippen LogP contribution < -0.4 is 5.32 Å². The number of hydrogen-bond donors (Lipinski definition) is 2. The SMILES string of the molecule is Cc1ccc(C=C2SC(=S)N(CCC(=O)NC(CC(C)C)C(=O)O)C2=O)cc1. The van der Waals surface area contributed by atoms with Crippen molar-refractivity contribution in [3.8, 4) is 0 Å². The number of aryl methyl sites for hydroxylation is 1. The molecule has 2 amide bonds. The summed E-state index contributed by atoms with van der Waals surface area (Å²) in [5.41, 5.74) is 2.04. The van der Waals surface area contributed by atoms with Crippen molar-refractivity contribution in [1.82, 2.24) is 10.2 Å². The van der Waals surface area contributed by atoms with Crippen molar-refractivity contribution in [1.29, 1.82) is 0 Å². The van der Waals surface area contributed by atoms with Crippen molar-refractivity contribution in [3.05, 3.63) is 40.3 Å². The number of carboxylic acid groups (broad SMARTS) is 1. The molecule has 1 fully saturated rings. The van der Waals surface area contributed by atoms with Crippen LogP contribution in [-0.2, 0) is 14.4 Å². The number of rotatable bonds is 8. The van der Waals surface area contributed by atoms with Crippen LogP contribution in [-0.4, -0.2) is 44.7 Å². The van der Waals surface area contributed by atoms with Gasteiger partial charge < -0.3 is 10.4 Å². The van der Waals surface area contributed by atoms with Crippen molar-refractivity contribution in [2.75, 3.05) is 6.54 Å². The van der Waals surface area contributed by atoms with Gasteiger partial charge in [-0.3, -0.25) is 14.5 Å². The Morgan fingerprint density at radius 3 is 2.50 bits per heavy atom. The molecule has 0 bridgehead atoms. The summed E-state index contributed by atoms with van der Waals surface area (Å²) in [7, 11) is 0. The van der Waals surface area contributed by atoms with E-state index in [1.165, 1.54) is 16.7 Å². The first-order chi connectivity index (χ1) is 13.2. The van der Waals surface area contributed by atoms with Crippen molar-refractivity contribution in [2.24, 2.45) is 5.92 Å². The number of carboxylic acids is 1. The highest BCUT2D eigenvalue weighted by molar-refractivity contribution is 8.26. The van der Waals surface area contributed by atoms with Crippen LogP contribution in [0.1, 0.15) is 37.8 Å². The Kier molecular flexibility index (Phi) is 7.77. The molecule has 6 nitrogen and oxygen atoms in total. The lowest BCUT2D eigenvalue weighted by Crippen LogP contribution is -2.43. The minimum atomic E-state index is -1.06. The Labute approximate surface area is 174 Å². The quantitative estimate of drug-likeness (QED) is 0.496. The van der Waals surface area contributed by atoms with Gasteiger partial charge in [-0.25, -0.2) is 4.79 Å². The minimum Gasteiger partial charge on any atom is -0.480 e. The van der Waals surface area contributed by atoms with Crippen LogP contribution in [0.25, 0.3) is 6.08 Å². The van der Waals surface area contributed by atoms with Gasteiger partial charge in [0.25, 0.3) is 5.91 Å². The Bertz CT molecular complexity index is 803. The summed E-state index contributed by atoms with van der Waals surface area (Å²) in [6, 6.07) is 6.85. The van der Waals surface area contributed by atoms with E-state index < -0.39 is 17.9 Å². The minimum absolute atomic E-state index is 0.00781. The number of nitrogens with zero attached hydrogens (tertiary/aromatic N) is 1. The Morgan fingerprint density at radius 1 is 1.29 bits per heavy atom. The largest absolute Gasteiger partial charge is 0.480 e. The van der Waals surface area contributed by atoms with Crippen LogP contribution in [0.15, 0.2) is 29.2 Å².